The van der Waals surface area contributed by atoms with E-state index in [0.29, 0.717) is 6.61 Å². The molecule has 2 aromatic carbocycles. The molecule has 1 aliphatic heterocycles. The highest BCUT2D eigenvalue weighted by Crippen LogP contribution is 2.35. The number of pyridine rings is 1. The molecule has 4 atom stereocenters. The van der Waals surface area contributed by atoms with Crippen molar-refractivity contribution >= 4 is 32.8 Å². The van der Waals surface area contributed by atoms with E-state index in [-0.39, 0.29) is 19.6 Å². The van der Waals surface area contributed by atoms with E-state index in [0.717, 1.165) is 38.6 Å². The molecule has 5 rings (SSSR count). The van der Waals surface area contributed by atoms with E-state index in [9.17, 15) is 15.3 Å². The van der Waals surface area contributed by atoms with Gasteiger partial charge in [-0.3, -0.25) is 0 Å². The lowest BCUT2D eigenvalue weighted by Gasteiger charge is -2.35. The largest absolute Gasteiger partial charge is 0.491 e. The van der Waals surface area contributed by atoms with Crippen molar-refractivity contribution in [2.75, 3.05) is 19.8 Å². The van der Waals surface area contributed by atoms with Crippen LogP contribution in [-0.4, -0.2) is 69.3 Å². The summed E-state index contributed by atoms with van der Waals surface area (Å²) < 4.78 is 19.1. The van der Waals surface area contributed by atoms with Crippen molar-refractivity contribution in [2.45, 2.75) is 37.9 Å². The third kappa shape index (κ3) is 3.94. The fourth-order valence-electron chi connectivity index (χ4n) is 4.65. The first-order valence-electron chi connectivity index (χ1n) is 11.1. The average Bonchev–Trinajstić information content (AvgIpc) is 3.10. The minimum absolute atomic E-state index is 0.139. The Morgan fingerprint density at radius 1 is 1.12 bits per heavy atom. The van der Waals surface area contributed by atoms with Gasteiger partial charge in [0.15, 0.2) is 6.29 Å². The van der Waals surface area contributed by atoms with Crippen LogP contribution in [0.2, 0.25) is 0 Å². The number of para-hydroxylation sites is 1. The summed E-state index contributed by atoms with van der Waals surface area (Å²) in [5.41, 5.74) is 4.19. The number of aliphatic hydroxyl groups excluding tert-OH is 3. The molecule has 33 heavy (non-hydrogen) atoms. The molecule has 0 saturated carbocycles. The number of aliphatic hydroxyl groups is 3. The topological polar surface area (TPSA) is 106 Å². The summed E-state index contributed by atoms with van der Waals surface area (Å²) in [6.45, 7) is 2.27. The Labute approximate surface area is 190 Å². The standard InChI is InChI=1S/C25H28N2O6/c1-14-16-5-3-4-6-18(16)26-25-23(14)17-11-15(7-8-19(17)27(25)2)31-9-10-32-22-12-20(29)24(30)21(13-28)33-22/h3-8,11,20-22,24,28-30H,9-10,12-13H2,1-2H3/t20-,21-,22+,24+/m1/s1. The number of ether oxygens (including phenoxy) is 3. The van der Waals surface area contributed by atoms with Crippen LogP contribution in [0.4, 0.5) is 0 Å². The second kappa shape index (κ2) is 8.89. The Morgan fingerprint density at radius 2 is 1.94 bits per heavy atom. The van der Waals surface area contributed by atoms with E-state index in [1.165, 1.54) is 5.56 Å². The first-order chi connectivity index (χ1) is 16.0. The molecular formula is C25H28N2O6. The van der Waals surface area contributed by atoms with Crippen LogP contribution >= 0.6 is 0 Å². The van der Waals surface area contributed by atoms with Crippen LogP contribution in [0.1, 0.15) is 12.0 Å². The fraction of sp³-hybridized carbons (Fsp3) is 0.400. The molecule has 1 aliphatic rings. The second-order valence-corrected chi connectivity index (χ2v) is 8.49. The van der Waals surface area contributed by atoms with Crippen LogP contribution in [0.3, 0.4) is 0 Å². The molecule has 1 saturated heterocycles. The number of hydrogen-bond acceptors (Lipinski definition) is 7. The zero-order chi connectivity index (χ0) is 23.1. The predicted molar refractivity (Wildman–Crippen MR) is 124 cm³/mol. The Hall–Kier alpha value is -2.75. The molecule has 8 nitrogen and oxygen atoms in total. The molecule has 0 amide bonds. The zero-order valence-corrected chi connectivity index (χ0v) is 18.6. The van der Waals surface area contributed by atoms with Crippen molar-refractivity contribution in [2.24, 2.45) is 7.05 Å². The Morgan fingerprint density at radius 3 is 2.76 bits per heavy atom. The summed E-state index contributed by atoms with van der Waals surface area (Å²) >= 11 is 0. The third-order valence-electron chi connectivity index (χ3n) is 6.42. The summed E-state index contributed by atoms with van der Waals surface area (Å²) in [6, 6.07) is 14.1. The van der Waals surface area contributed by atoms with Gasteiger partial charge in [-0.1, -0.05) is 18.2 Å². The highest BCUT2D eigenvalue weighted by Gasteiger charge is 2.36. The van der Waals surface area contributed by atoms with Crippen LogP contribution in [0, 0.1) is 6.92 Å². The highest BCUT2D eigenvalue weighted by molar-refractivity contribution is 6.12. The van der Waals surface area contributed by atoms with Gasteiger partial charge in [0.2, 0.25) is 0 Å². The lowest BCUT2D eigenvalue weighted by Crippen LogP contribution is -2.50. The number of aromatic nitrogens is 2. The van der Waals surface area contributed by atoms with E-state index in [4.69, 9.17) is 19.2 Å². The lowest BCUT2D eigenvalue weighted by atomic mass is 10.0. The van der Waals surface area contributed by atoms with Crippen molar-refractivity contribution in [3.05, 3.63) is 48.0 Å². The average molecular weight is 453 g/mol. The maximum absolute atomic E-state index is 9.90. The van der Waals surface area contributed by atoms with Gasteiger partial charge in [-0.15, -0.1) is 0 Å². The number of aryl methyl sites for hydroxylation is 2. The minimum Gasteiger partial charge on any atom is -0.491 e. The fourth-order valence-corrected chi connectivity index (χ4v) is 4.65. The lowest BCUT2D eigenvalue weighted by molar-refractivity contribution is -0.257. The molecule has 3 N–H and O–H groups in total. The van der Waals surface area contributed by atoms with Crippen molar-refractivity contribution in [1.29, 1.82) is 0 Å². The Kier molecular flexibility index (Phi) is 5.94. The van der Waals surface area contributed by atoms with Crippen LogP contribution < -0.4 is 4.74 Å². The molecule has 1 fully saturated rings. The molecule has 3 heterocycles. The molecule has 174 valence electrons. The monoisotopic (exact) mass is 452 g/mol. The van der Waals surface area contributed by atoms with E-state index in [1.54, 1.807) is 0 Å². The van der Waals surface area contributed by atoms with Gasteiger partial charge in [0, 0.05) is 29.6 Å². The van der Waals surface area contributed by atoms with Gasteiger partial charge in [0.1, 0.15) is 30.2 Å². The molecule has 2 aromatic heterocycles. The summed E-state index contributed by atoms with van der Waals surface area (Å²) in [4.78, 5) is 4.89. The molecule has 8 heteroatoms. The maximum atomic E-state index is 9.90. The summed E-state index contributed by atoms with van der Waals surface area (Å²) in [7, 11) is 2.02. The van der Waals surface area contributed by atoms with E-state index in [2.05, 4.69) is 17.6 Å². The quantitative estimate of drug-likeness (QED) is 0.386. The van der Waals surface area contributed by atoms with E-state index < -0.39 is 24.6 Å². The normalized spacial score (nSPS) is 23.5. The first-order valence-corrected chi connectivity index (χ1v) is 11.1. The second-order valence-electron chi connectivity index (χ2n) is 8.49. The van der Waals surface area contributed by atoms with Gasteiger partial charge in [0.05, 0.1) is 30.4 Å². The summed E-state index contributed by atoms with van der Waals surface area (Å²) in [5.74, 6) is 0.722. The number of benzene rings is 2. The van der Waals surface area contributed by atoms with Crippen molar-refractivity contribution < 1.29 is 29.5 Å². The SMILES string of the molecule is Cc1c2ccccc2nc2c1c1cc(OCCO[C@@H]3C[C@@H](O)[C@H](O)[C@@H](CO)O3)ccc1n2C. The number of nitrogens with zero attached hydrogens (tertiary/aromatic N) is 2. The molecular weight excluding hydrogens is 424 g/mol. The van der Waals surface area contributed by atoms with Crippen molar-refractivity contribution in [1.82, 2.24) is 9.55 Å². The van der Waals surface area contributed by atoms with Crippen LogP contribution in [-0.2, 0) is 16.5 Å². The van der Waals surface area contributed by atoms with Crippen LogP contribution in [0.5, 0.6) is 5.75 Å². The minimum atomic E-state index is -1.12. The van der Waals surface area contributed by atoms with Crippen LogP contribution in [0.25, 0.3) is 32.8 Å². The van der Waals surface area contributed by atoms with E-state index >= 15 is 0 Å². The molecule has 0 spiro atoms. The molecule has 4 aromatic rings. The van der Waals surface area contributed by atoms with Crippen LogP contribution in [0.15, 0.2) is 42.5 Å². The maximum Gasteiger partial charge on any atom is 0.160 e. The summed E-state index contributed by atoms with van der Waals surface area (Å²) in [5, 5.41) is 32.3. The molecule has 0 unspecified atom stereocenters. The van der Waals surface area contributed by atoms with Gasteiger partial charge < -0.3 is 34.1 Å². The van der Waals surface area contributed by atoms with Gasteiger partial charge in [-0.2, -0.15) is 0 Å². The smallest absolute Gasteiger partial charge is 0.160 e. The van der Waals surface area contributed by atoms with Gasteiger partial charge >= 0.3 is 0 Å². The number of hydrogen-bond donors (Lipinski definition) is 3. The summed E-state index contributed by atoms with van der Waals surface area (Å²) in [6.07, 6.45) is -3.54. The van der Waals surface area contributed by atoms with Crippen molar-refractivity contribution in [3.8, 4) is 5.75 Å². The molecule has 0 bridgehead atoms. The van der Waals surface area contributed by atoms with E-state index in [1.807, 2.05) is 43.4 Å². The molecule has 0 radical (unpaired) electrons. The van der Waals surface area contributed by atoms with Gasteiger partial charge in [-0.25, -0.2) is 4.98 Å². The van der Waals surface area contributed by atoms with Crippen molar-refractivity contribution in [3.63, 3.8) is 0 Å². The Balaban J connectivity index is 1.32. The molecule has 0 aliphatic carbocycles. The first kappa shape index (κ1) is 22.1. The zero-order valence-electron chi connectivity index (χ0n) is 18.6. The number of rotatable bonds is 6. The third-order valence-corrected chi connectivity index (χ3v) is 6.42. The Bertz CT molecular complexity index is 1300. The van der Waals surface area contributed by atoms with Gasteiger partial charge in [0.25, 0.3) is 0 Å². The predicted octanol–water partition coefficient (Wildman–Crippen LogP) is 2.41. The highest BCUT2D eigenvalue weighted by atomic mass is 16.7. The van der Waals surface area contributed by atoms with Gasteiger partial charge in [-0.05, 0) is 36.8 Å². The number of fused-ring (bicyclic) bond motifs is 4.